The molecule has 1 aliphatic rings. The fourth-order valence-electron chi connectivity index (χ4n) is 1.74. The third-order valence-corrected chi connectivity index (χ3v) is 2.94. The minimum atomic E-state index is -0.214. The van der Waals surface area contributed by atoms with Crippen LogP contribution < -0.4 is 20.7 Å². The van der Waals surface area contributed by atoms with Crippen LogP contribution in [0, 0.1) is 0 Å². The number of hydrogen-bond donors (Lipinski definition) is 3. The Bertz CT molecular complexity index is 508. The molecule has 1 unspecified atom stereocenters. The zero-order chi connectivity index (χ0) is 13.8. The number of nitrogens with one attached hydrogen (secondary N) is 3. The Hall–Kier alpha value is -1.79. The lowest BCUT2D eigenvalue weighted by Gasteiger charge is -2.20. The van der Waals surface area contributed by atoms with Gasteiger partial charge in [-0.1, -0.05) is 6.07 Å². The maximum absolute atomic E-state index is 12.1. The molecule has 3 N–H and O–H groups in total. The molecule has 0 bridgehead atoms. The van der Waals surface area contributed by atoms with Crippen LogP contribution in [0.4, 0.5) is 5.69 Å². The van der Waals surface area contributed by atoms with Crippen LogP contribution in [0.5, 0.6) is 5.75 Å². The molecule has 1 atom stereocenters. The highest BCUT2D eigenvalue weighted by Crippen LogP contribution is 2.31. The topological polar surface area (TPSA) is 79.5 Å². The van der Waals surface area contributed by atoms with Gasteiger partial charge in [-0.3, -0.25) is 9.59 Å². The summed E-state index contributed by atoms with van der Waals surface area (Å²) in [7, 11) is 1.83. The normalized spacial score (nSPS) is 14.2. The smallest absolute Gasteiger partial charge is 0.262 e. The molecular weight excluding hydrogens is 282 g/mol. The van der Waals surface area contributed by atoms with Crippen LogP contribution in [0.1, 0.15) is 17.3 Å². The van der Waals surface area contributed by atoms with Crippen LogP contribution in [0.25, 0.3) is 0 Å². The molecular formula is C13H18ClN3O3. The fraction of sp³-hybridized carbons (Fsp3) is 0.385. The lowest BCUT2D eigenvalue weighted by molar-refractivity contribution is -0.118. The number of benzene rings is 1. The SMILES string of the molecule is CNC(C)CNC(=O)c1cccc2c1OCC(=O)N2.Cl. The second-order valence-electron chi connectivity index (χ2n) is 4.42. The first-order chi connectivity index (χ1) is 9.11. The lowest BCUT2D eigenvalue weighted by Crippen LogP contribution is -2.37. The molecule has 1 heterocycles. The molecule has 0 fully saturated rings. The van der Waals surface area contributed by atoms with Gasteiger partial charge in [0.2, 0.25) is 0 Å². The Morgan fingerprint density at radius 1 is 1.50 bits per heavy atom. The van der Waals surface area contributed by atoms with E-state index in [0.29, 0.717) is 23.5 Å². The highest BCUT2D eigenvalue weighted by Gasteiger charge is 2.22. The first-order valence-electron chi connectivity index (χ1n) is 6.13. The van der Waals surface area contributed by atoms with Crippen molar-refractivity contribution in [3.05, 3.63) is 23.8 Å². The van der Waals surface area contributed by atoms with E-state index < -0.39 is 0 Å². The molecule has 7 heteroatoms. The molecule has 2 rings (SSSR count). The van der Waals surface area contributed by atoms with Gasteiger partial charge < -0.3 is 20.7 Å². The van der Waals surface area contributed by atoms with Gasteiger partial charge in [-0.25, -0.2) is 0 Å². The summed E-state index contributed by atoms with van der Waals surface area (Å²) < 4.78 is 5.33. The molecule has 20 heavy (non-hydrogen) atoms. The Morgan fingerprint density at radius 3 is 2.95 bits per heavy atom. The molecule has 0 aromatic heterocycles. The Kier molecular flexibility index (Phi) is 5.79. The van der Waals surface area contributed by atoms with Crippen molar-refractivity contribution in [1.29, 1.82) is 0 Å². The van der Waals surface area contributed by atoms with Gasteiger partial charge in [0.05, 0.1) is 11.3 Å². The standard InChI is InChI=1S/C13H17N3O3.ClH/c1-8(14-2)6-15-13(18)9-4-3-5-10-12(9)19-7-11(17)16-10;/h3-5,8,14H,6-7H2,1-2H3,(H,15,18)(H,16,17);1H. The number of halogens is 1. The highest BCUT2D eigenvalue weighted by atomic mass is 35.5. The Labute approximate surface area is 123 Å². The van der Waals surface area contributed by atoms with E-state index in [4.69, 9.17) is 4.74 Å². The van der Waals surface area contributed by atoms with E-state index in [0.717, 1.165) is 0 Å². The van der Waals surface area contributed by atoms with Crippen LogP contribution in [-0.4, -0.2) is 38.1 Å². The number of likely N-dealkylation sites (N-methyl/N-ethyl adjacent to an activating group) is 1. The second kappa shape index (κ2) is 7.12. The van der Waals surface area contributed by atoms with Crippen molar-refractivity contribution in [3.63, 3.8) is 0 Å². The molecule has 0 spiro atoms. The van der Waals surface area contributed by atoms with Gasteiger partial charge in [-0.2, -0.15) is 0 Å². The van der Waals surface area contributed by atoms with Crippen molar-refractivity contribution in [2.24, 2.45) is 0 Å². The van der Waals surface area contributed by atoms with Crippen molar-refractivity contribution in [3.8, 4) is 5.75 Å². The van der Waals surface area contributed by atoms with Gasteiger partial charge in [-0.15, -0.1) is 12.4 Å². The van der Waals surface area contributed by atoms with Crippen LogP contribution >= 0.6 is 12.4 Å². The van der Waals surface area contributed by atoms with E-state index in [1.54, 1.807) is 18.2 Å². The Morgan fingerprint density at radius 2 is 2.25 bits per heavy atom. The minimum absolute atomic E-state index is 0. The predicted octanol–water partition coefficient (Wildman–Crippen LogP) is 0.777. The monoisotopic (exact) mass is 299 g/mol. The average Bonchev–Trinajstić information content (AvgIpc) is 2.43. The van der Waals surface area contributed by atoms with Gasteiger partial charge in [0.25, 0.3) is 11.8 Å². The minimum Gasteiger partial charge on any atom is -0.481 e. The van der Waals surface area contributed by atoms with Gasteiger partial charge in [-0.05, 0) is 26.1 Å². The molecule has 0 saturated carbocycles. The largest absolute Gasteiger partial charge is 0.481 e. The number of rotatable bonds is 4. The van der Waals surface area contributed by atoms with Gasteiger partial charge in [0, 0.05) is 12.6 Å². The number of anilines is 1. The molecule has 6 nitrogen and oxygen atoms in total. The maximum atomic E-state index is 12.1. The summed E-state index contributed by atoms with van der Waals surface area (Å²) in [4.78, 5) is 23.3. The zero-order valence-electron chi connectivity index (χ0n) is 11.4. The van der Waals surface area contributed by atoms with Crippen LogP contribution in [-0.2, 0) is 4.79 Å². The summed E-state index contributed by atoms with van der Waals surface area (Å²) in [5, 5.41) is 8.53. The summed E-state index contributed by atoms with van der Waals surface area (Å²) in [6, 6.07) is 5.28. The number of ether oxygens (including phenoxy) is 1. The highest BCUT2D eigenvalue weighted by molar-refractivity contribution is 6.03. The molecule has 1 aromatic carbocycles. The number of carbonyl (C=O) groups excluding carboxylic acids is 2. The fourth-order valence-corrected chi connectivity index (χ4v) is 1.74. The summed E-state index contributed by atoms with van der Waals surface area (Å²) in [5.41, 5.74) is 0.964. The van der Waals surface area contributed by atoms with E-state index in [1.165, 1.54) is 0 Å². The summed E-state index contributed by atoms with van der Waals surface area (Å²) in [5.74, 6) is 0.000623. The zero-order valence-corrected chi connectivity index (χ0v) is 12.2. The molecule has 1 aromatic rings. The number of carbonyl (C=O) groups is 2. The van der Waals surface area contributed by atoms with E-state index in [1.807, 2.05) is 14.0 Å². The van der Waals surface area contributed by atoms with Crippen molar-refractivity contribution >= 4 is 29.9 Å². The molecule has 2 amide bonds. The van der Waals surface area contributed by atoms with Crippen LogP contribution in [0.2, 0.25) is 0 Å². The van der Waals surface area contributed by atoms with E-state index in [2.05, 4.69) is 16.0 Å². The number of para-hydroxylation sites is 1. The third kappa shape index (κ3) is 3.61. The molecule has 0 saturated heterocycles. The Balaban J connectivity index is 0.00000200. The third-order valence-electron chi connectivity index (χ3n) is 2.94. The number of fused-ring (bicyclic) bond motifs is 1. The van der Waals surface area contributed by atoms with Crippen LogP contribution in [0.15, 0.2) is 18.2 Å². The second-order valence-corrected chi connectivity index (χ2v) is 4.42. The summed E-state index contributed by atoms with van der Waals surface area (Å²) in [6.07, 6.45) is 0. The average molecular weight is 300 g/mol. The number of amides is 2. The lowest BCUT2D eigenvalue weighted by atomic mass is 10.1. The summed E-state index contributed by atoms with van der Waals surface area (Å²) in [6.45, 7) is 2.42. The molecule has 0 radical (unpaired) electrons. The van der Waals surface area contributed by atoms with Crippen molar-refractivity contribution in [2.75, 3.05) is 25.5 Å². The number of hydrogen-bond acceptors (Lipinski definition) is 4. The van der Waals surface area contributed by atoms with E-state index >= 15 is 0 Å². The summed E-state index contributed by atoms with van der Waals surface area (Å²) >= 11 is 0. The first kappa shape index (κ1) is 16.3. The van der Waals surface area contributed by atoms with E-state index in [9.17, 15) is 9.59 Å². The van der Waals surface area contributed by atoms with Crippen molar-refractivity contribution < 1.29 is 14.3 Å². The molecule has 1 aliphatic heterocycles. The van der Waals surface area contributed by atoms with Crippen molar-refractivity contribution in [2.45, 2.75) is 13.0 Å². The van der Waals surface area contributed by atoms with E-state index in [-0.39, 0.29) is 36.9 Å². The first-order valence-corrected chi connectivity index (χ1v) is 6.13. The predicted molar refractivity (Wildman–Crippen MR) is 78.7 cm³/mol. The maximum Gasteiger partial charge on any atom is 0.262 e. The molecule has 0 aliphatic carbocycles. The van der Waals surface area contributed by atoms with Gasteiger partial charge >= 0.3 is 0 Å². The van der Waals surface area contributed by atoms with Crippen LogP contribution in [0.3, 0.4) is 0 Å². The van der Waals surface area contributed by atoms with Crippen molar-refractivity contribution in [1.82, 2.24) is 10.6 Å². The molecule has 110 valence electrons. The van der Waals surface area contributed by atoms with Gasteiger partial charge in [0.1, 0.15) is 0 Å². The quantitative estimate of drug-likeness (QED) is 0.767. The van der Waals surface area contributed by atoms with Gasteiger partial charge in [0.15, 0.2) is 12.4 Å².